The average molecular weight is 270 g/mol. The van der Waals surface area contributed by atoms with Gasteiger partial charge in [-0.05, 0) is 48.2 Å². The summed E-state index contributed by atoms with van der Waals surface area (Å²) in [7, 11) is 0. The number of aryl methyl sites for hydroxylation is 2. The molecule has 0 radical (unpaired) electrons. The van der Waals surface area contributed by atoms with Gasteiger partial charge >= 0.3 is 0 Å². The van der Waals surface area contributed by atoms with E-state index < -0.39 is 0 Å². The maximum atomic E-state index is 10.6. The van der Waals surface area contributed by atoms with Crippen LogP contribution in [0.2, 0.25) is 0 Å². The molecule has 0 saturated carbocycles. The molecule has 102 valence electrons. The number of benzene rings is 2. The average Bonchev–Trinajstić information content (AvgIpc) is 2.92. The van der Waals surface area contributed by atoms with E-state index in [2.05, 4.69) is 0 Å². The van der Waals surface area contributed by atoms with Gasteiger partial charge in [0.25, 0.3) is 0 Å². The number of aromatic hydroxyl groups is 1. The summed E-state index contributed by atoms with van der Waals surface area (Å²) in [4.78, 5) is 10.6. The lowest BCUT2D eigenvalue weighted by atomic mass is 10.0. The highest BCUT2D eigenvalue weighted by Gasteiger charge is 2.13. The predicted molar refractivity (Wildman–Crippen MR) is 73.5 cm³/mol. The number of carbonyl (C=O) groups is 1. The second kappa shape index (κ2) is 5.25. The highest BCUT2D eigenvalue weighted by molar-refractivity contribution is 5.79. The monoisotopic (exact) mass is 270 g/mol. The van der Waals surface area contributed by atoms with Crippen LogP contribution in [0.15, 0.2) is 36.4 Å². The quantitative estimate of drug-likeness (QED) is 0.868. The summed E-state index contributed by atoms with van der Waals surface area (Å²) in [5.41, 5.74) is 2.45. The molecule has 4 heteroatoms. The molecule has 20 heavy (non-hydrogen) atoms. The lowest BCUT2D eigenvalue weighted by Gasteiger charge is -2.05. The van der Waals surface area contributed by atoms with E-state index in [0.29, 0.717) is 11.8 Å². The normalized spacial score (nSPS) is 12.4. The molecule has 2 aromatic carbocycles. The van der Waals surface area contributed by atoms with Gasteiger partial charge in [0.15, 0.2) is 17.8 Å². The van der Waals surface area contributed by atoms with Crippen molar-refractivity contribution in [1.29, 1.82) is 0 Å². The van der Waals surface area contributed by atoms with Crippen LogP contribution >= 0.6 is 0 Å². The molecule has 1 heterocycles. The fourth-order valence-electron chi connectivity index (χ4n) is 2.23. The van der Waals surface area contributed by atoms with E-state index in [0.717, 1.165) is 35.5 Å². The number of phenols is 1. The van der Waals surface area contributed by atoms with E-state index in [9.17, 15) is 9.90 Å². The first kappa shape index (κ1) is 12.5. The topological polar surface area (TPSA) is 55.8 Å². The minimum absolute atomic E-state index is 0.0307. The minimum atomic E-state index is 0.0307. The number of hydrogen-bond acceptors (Lipinski definition) is 4. The van der Waals surface area contributed by atoms with E-state index in [1.54, 1.807) is 12.1 Å². The van der Waals surface area contributed by atoms with E-state index in [1.165, 1.54) is 0 Å². The van der Waals surface area contributed by atoms with Crippen LogP contribution in [0, 0.1) is 0 Å². The van der Waals surface area contributed by atoms with Crippen LogP contribution in [-0.2, 0) is 12.8 Å². The van der Waals surface area contributed by atoms with Crippen LogP contribution < -0.4 is 9.47 Å². The summed E-state index contributed by atoms with van der Waals surface area (Å²) in [5, 5.41) is 9.65. The Labute approximate surface area is 116 Å². The predicted octanol–water partition coefficient (Wildman–Crippen LogP) is 2.72. The van der Waals surface area contributed by atoms with Crippen LogP contribution in [0.3, 0.4) is 0 Å². The molecular weight excluding hydrogens is 256 g/mol. The molecule has 4 nitrogen and oxygen atoms in total. The summed E-state index contributed by atoms with van der Waals surface area (Å²) >= 11 is 0. The van der Waals surface area contributed by atoms with E-state index in [-0.39, 0.29) is 12.5 Å². The lowest BCUT2D eigenvalue weighted by molar-refractivity contribution is 0.112. The van der Waals surface area contributed by atoms with Gasteiger partial charge in [0.05, 0.1) is 5.56 Å². The van der Waals surface area contributed by atoms with Crippen LogP contribution in [0.1, 0.15) is 21.5 Å². The van der Waals surface area contributed by atoms with Crippen LogP contribution in [0.25, 0.3) is 0 Å². The van der Waals surface area contributed by atoms with Crippen molar-refractivity contribution in [2.75, 3.05) is 6.79 Å². The molecule has 1 N–H and O–H groups in total. The number of ether oxygens (including phenoxy) is 2. The Balaban J connectivity index is 1.70. The molecular formula is C16H14O4. The molecule has 0 aromatic heterocycles. The van der Waals surface area contributed by atoms with Crippen molar-refractivity contribution in [1.82, 2.24) is 0 Å². The van der Waals surface area contributed by atoms with Gasteiger partial charge in [0.2, 0.25) is 6.79 Å². The third-order valence-electron chi connectivity index (χ3n) is 3.36. The van der Waals surface area contributed by atoms with Crippen molar-refractivity contribution in [3.63, 3.8) is 0 Å². The minimum Gasteiger partial charge on any atom is -0.507 e. The summed E-state index contributed by atoms with van der Waals surface area (Å²) in [6.45, 7) is 0.278. The Kier molecular flexibility index (Phi) is 3.29. The van der Waals surface area contributed by atoms with Crippen LogP contribution in [0.4, 0.5) is 0 Å². The van der Waals surface area contributed by atoms with Crippen molar-refractivity contribution in [3.05, 3.63) is 53.1 Å². The fraction of sp³-hybridized carbons (Fsp3) is 0.188. The summed E-state index contributed by atoms with van der Waals surface area (Å²) < 4.78 is 10.6. The third-order valence-corrected chi connectivity index (χ3v) is 3.36. The van der Waals surface area contributed by atoms with Crippen LogP contribution in [0.5, 0.6) is 17.2 Å². The molecule has 0 aliphatic carbocycles. The highest BCUT2D eigenvalue weighted by atomic mass is 16.7. The summed E-state index contributed by atoms with van der Waals surface area (Å²) in [5.74, 6) is 1.59. The van der Waals surface area contributed by atoms with Gasteiger partial charge in [-0.25, -0.2) is 0 Å². The number of carbonyl (C=O) groups excluding carboxylic acids is 1. The van der Waals surface area contributed by atoms with E-state index >= 15 is 0 Å². The molecule has 0 atom stereocenters. The van der Waals surface area contributed by atoms with E-state index in [1.807, 2.05) is 24.3 Å². The van der Waals surface area contributed by atoms with Crippen LogP contribution in [-0.4, -0.2) is 18.2 Å². The molecule has 0 amide bonds. The SMILES string of the molecule is O=Cc1ccc(CCc2ccc3c(c2)OCO3)cc1O. The molecule has 0 unspecified atom stereocenters. The molecule has 2 aromatic rings. The number of phenolic OH excluding ortho intramolecular Hbond substituents is 1. The van der Waals surface area contributed by atoms with Gasteiger partial charge in [-0.1, -0.05) is 12.1 Å². The maximum absolute atomic E-state index is 10.6. The first-order valence-electron chi connectivity index (χ1n) is 6.42. The Hall–Kier alpha value is -2.49. The second-order valence-corrected chi connectivity index (χ2v) is 4.70. The maximum Gasteiger partial charge on any atom is 0.231 e. The van der Waals surface area contributed by atoms with Crippen molar-refractivity contribution in [2.24, 2.45) is 0 Å². The van der Waals surface area contributed by atoms with Crippen molar-refractivity contribution in [3.8, 4) is 17.2 Å². The fourth-order valence-corrected chi connectivity index (χ4v) is 2.23. The van der Waals surface area contributed by atoms with Gasteiger partial charge in [0.1, 0.15) is 5.75 Å². The van der Waals surface area contributed by atoms with Gasteiger partial charge in [0, 0.05) is 0 Å². The first-order valence-corrected chi connectivity index (χ1v) is 6.42. The zero-order chi connectivity index (χ0) is 13.9. The first-order chi connectivity index (χ1) is 9.76. The molecule has 0 fully saturated rings. The Morgan fingerprint density at radius 3 is 2.45 bits per heavy atom. The zero-order valence-electron chi connectivity index (χ0n) is 10.8. The largest absolute Gasteiger partial charge is 0.507 e. The summed E-state index contributed by atoms with van der Waals surface area (Å²) in [6, 6.07) is 11.0. The number of rotatable bonds is 4. The number of hydrogen-bond donors (Lipinski definition) is 1. The second-order valence-electron chi connectivity index (χ2n) is 4.70. The number of aldehydes is 1. The smallest absolute Gasteiger partial charge is 0.231 e. The Morgan fingerprint density at radius 1 is 1.00 bits per heavy atom. The van der Waals surface area contributed by atoms with Crippen molar-refractivity contribution >= 4 is 6.29 Å². The van der Waals surface area contributed by atoms with Gasteiger partial charge < -0.3 is 14.6 Å². The summed E-state index contributed by atoms with van der Waals surface area (Å²) in [6.07, 6.45) is 2.26. The molecule has 1 aliphatic rings. The van der Waals surface area contributed by atoms with Gasteiger partial charge in [-0.2, -0.15) is 0 Å². The Bertz CT molecular complexity index is 649. The van der Waals surface area contributed by atoms with Crippen molar-refractivity contribution < 1.29 is 19.4 Å². The molecule has 0 bridgehead atoms. The lowest BCUT2D eigenvalue weighted by Crippen LogP contribution is -1.93. The molecule has 3 rings (SSSR count). The highest BCUT2D eigenvalue weighted by Crippen LogP contribution is 2.32. The molecule has 1 aliphatic heterocycles. The van der Waals surface area contributed by atoms with Gasteiger partial charge in [-0.15, -0.1) is 0 Å². The Morgan fingerprint density at radius 2 is 1.70 bits per heavy atom. The number of fused-ring (bicyclic) bond motifs is 1. The zero-order valence-corrected chi connectivity index (χ0v) is 10.8. The molecule has 0 saturated heterocycles. The van der Waals surface area contributed by atoms with Crippen molar-refractivity contribution in [2.45, 2.75) is 12.8 Å². The van der Waals surface area contributed by atoms with E-state index in [4.69, 9.17) is 9.47 Å². The standard InChI is InChI=1S/C16H14O4/c17-9-13-5-3-11(7-14(13)18)1-2-12-4-6-15-16(8-12)20-10-19-15/h3-9,18H,1-2,10H2. The third kappa shape index (κ3) is 2.45. The van der Waals surface area contributed by atoms with Gasteiger partial charge in [-0.3, -0.25) is 4.79 Å². The molecule has 0 spiro atoms.